The van der Waals surface area contributed by atoms with Gasteiger partial charge < -0.3 is 15.4 Å². The average Bonchev–Trinajstić information content (AvgIpc) is 2.68. The van der Waals surface area contributed by atoms with Crippen LogP contribution in [0, 0.1) is 0 Å². The maximum absolute atomic E-state index is 12.3. The van der Waals surface area contributed by atoms with Gasteiger partial charge in [-0.1, -0.05) is 35.9 Å². The summed E-state index contributed by atoms with van der Waals surface area (Å²) in [6.07, 6.45) is 2.93. The van der Waals surface area contributed by atoms with Crippen molar-refractivity contribution in [3.05, 3.63) is 77.2 Å². The van der Waals surface area contributed by atoms with E-state index in [4.69, 9.17) is 16.3 Å². The van der Waals surface area contributed by atoms with Crippen molar-refractivity contribution >= 4 is 29.0 Å². The normalized spacial score (nSPS) is 10.2. The zero-order valence-electron chi connectivity index (χ0n) is 14.1. The molecule has 0 atom stereocenters. The molecule has 3 aromatic rings. The minimum absolute atomic E-state index is 0.219. The molecule has 1 heterocycles. The lowest BCUT2D eigenvalue weighted by atomic mass is 10.2. The van der Waals surface area contributed by atoms with Crippen LogP contribution in [-0.4, -0.2) is 23.0 Å². The molecule has 0 saturated carbocycles. The minimum atomic E-state index is -0.344. The fraction of sp³-hybridized carbons (Fsp3) is 0.105. The summed E-state index contributed by atoms with van der Waals surface area (Å²) in [4.78, 5) is 20.6. The maximum atomic E-state index is 12.3. The van der Waals surface area contributed by atoms with Gasteiger partial charge in [-0.05, 0) is 23.8 Å². The number of nitrogens with zero attached hydrogens (tertiary/aromatic N) is 2. The van der Waals surface area contributed by atoms with Crippen molar-refractivity contribution in [3.8, 4) is 5.75 Å². The lowest BCUT2D eigenvalue weighted by Gasteiger charge is -2.08. The van der Waals surface area contributed by atoms with Gasteiger partial charge in [0, 0.05) is 23.3 Å². The molecule has 0 bridgehead atoms. The Hall–Kier alpha value is -3.12. The van der Waals surface area contributed by atoms with Crippen molar-refractivity contribution < 1.29 is 9.53 Å². The predicted octanol–water partition coefficient (Wildman–Crippen LogP) is 4.00. The fourth-order valence-corrected chi connectivity index (χ4v) is 2.46. The van der Waals surface area contributed by atoms with Crippen LogP contribution in [-0.2, 0) is 6.54 Å². The highest BCUT2D eigenvalue weighted by Gasteiger charge is 2.09. The van der Waals surface area contributed by atoms with Crippen LogP contribution < -0.4 is 15.4 Å². The van der Waals surface area contributed by atoms with Gasteiger partial charge in [-0.2, -0.15) is 0 Å². The van der Waals surface area contributed by atoms with E-state index in [2.05, 4.69) is 20.6 Å². The van der Waals surface area contributed by atoms with Crippen LogP contribution in [0.2, 0.25) is 5.02 Å². The van der Waals surface area contributed by atoms with Gasteiger partial charge >= 0.3 is 0 Å². The number of aromatic nitrogens is 2. The van der Waals surface area contributed by atoms with E-state index in [1.54, 1.807) is 31.4 Å². The third kappa shape index (κ3) is 4.49. The molecule has 0 unspecified atom stereocenters. The third-order valence-corrected chi connectivity index (χ3v) is 4.00. The highest BCUT2D eigenvalue weighted by Crippen LogP contribution is 2.18. The summed E-state index contributed by atoms with van der Waals surface area (Å²) >= 11 is 6.12. The Morgan fingerprint density at radius 1 is 1.12 bits per heavy atom. The lowest BCUT2D eigenvalue weighted by Crippen LogP contribution is -2.14. The molecule has 6 nitrogen and oxygen atoms in total. The molecule has 0 spiro atoms. The zero-order chi connectivity index (χ0) is 18.4. The van der Waals surface area contributed by atoms with Crippen LogP contribution in [0.3, 0.4) is 0 Å². The largest absolute Gasteiger partial charge is 0.497 e. The van der Waals surface area contributed by atoms with Crippen molar-refractivity contribution in [2.24, 2.45) is 0 Å². The highest BCUT2D eigenvalue weighted by molar-refractivity contribution is 6.31. The van der Waals surface area contributed by atoms with Crippen LogP contribution in [0.15, 0.2) is 60.9 Å². The number of ether oxygens (including phenoxy) is 1. The lowest BCUT2D eigenvalue weighted by molar-refractivity contribution is 0.102. The second kappa shape index (κ2) is 8.31. The Balaban J connectivity index is 1.61. The van der Waals surface area contributed by atoms with Crippen LogP contribution in [0.4, 0.5) is 11.5 Å². The number of methoxy groups -OCH3 is 1. The van der Waals surface area contributed by atoms with Crippen molar-refractivity contribution in [2.45, 2.75) is 6.54 Å². The van der Waals surface area contributed by atoms with E-state index in [0.717, 1.165) is 5.56 Å². The van der Waals surface area contributed by atoms with E-state index < -0.39 is 0 Å². The fourth-order valence-electron chi connectivity index (χ4n) is 2.26. The van der Waals surface area contributed by atoms with Crippen LogP contribution in [0.5, 0.6) is 5.75 Å². The topological polar surface area (TPSA) is 76.1 Å². The maximum Gasteiger partial charge on any atom is 0.275 e. The van der Waals surface area contributed by atoms with E-state index in [9.17, 15) is 4.79 Å². The summed E-state index contributed by atoms with van der Waals surface area (Å²) in [6, 6.07) is 14.6. The molecule has 2 N–H and O–H groups in total. The van der Waals surface area contributed by atoms with E-state index >= 15 is 0 Å². The number of anilines is 2. The van der Waals surface area contributed by atoms with Crippen molar-refractivity contribution in [3.63, 3.8) is 0 Å². The molecule has 3 rings (SSSR count). The van der Waals surface area contributed by atoms with E-state index in [0.29, 0.717) is 28.8 Å². The first kappa shape index (κ1) is 17.7. The van der Waals surface area contributed by atoms with Gasteiger partial charge in [-0.25, -0.2) is 9.97 Å². The molecular formula is C19H17ClN4O2. The number of carbonyl (C=O) groups is 1. The molecule has 0 radical (unpaired) electrons. The molecular weight excluding hydrogens is 352 g/mol. The summed E-state index contributed by atoms with van der Waals surface area (Å²) in [7, 11) is 1.57. The zero-order valence-corrected chi connectivity index (χ0v) is 14.8. The van der Waals surface area contributed by atoms with E-state index in [-0.39, 0.29) is 11.6 Å². The Labute approximate surface area is 156 Å². The number of amides is 1. The van der Waals surface area contributed by atoms with Gasteiger partial charge in [0.05, 0.1) is 19.5 Å². The van der Waals surface area contributed by atoms with Crippen molar-refractivity contribution in [1.29, 1.82) is 0 Å². The Kier molecular flexibility index (Phi) is 5.66. The highest BCUT2D eigenvalue weighted by atomic mass is 35.5. The van der Waals surface area contributed by atoms with E-state index in [1.807, 2.05) is 24.3 Å². The first-order chi connectivity index (χ1) is 12.7. The smallest absolute Gasteiger partial charge is 0.275 e. The minimum Gasteiger partial charge on any atom is -0.497 e. The summed E-state index contributed by atoms with van der Waals surface area (Å²) < 4.78 is 5.13. The number of hydrogen-bond acceptors (Lipinski definition) is 5. The van der Waals surface area contributed by atoms with Crippen LogP contribution in [0.1, 0.15) is 16.1 Å². The van der Waals surface area contributed by atoms with Gasteiger partial charge in [0.2, 0.25) is 0 Å². The Bertz CT molecular complexity index is 900. The molecule has 26 heavy (non-hydrogen) atoms. The number of hydrogen-bond donors (Lipinski definition) is 2. The summed E-state index contributed by atoms with van der Waals surface area (Å²) in [5.41, 5.74) is 1.80. The van der Waals surface area contributed by atoms with Gasteiger partial charge in [-0.3, -0.25) is 4.79 Å². The molecule has 7 heteroatoms. The number of nitrogens with one attached hydrogen (secondary N) is 2. The van der Waals surface area contributed by atoms with E-state index in [1.165, 1.54) is 12.4 Å². The number of halogens is 1. The second-order valence-corrected chi connectivity index (χ2v) is 5.83. The predicted molar refractivity (Wildman–Crippen MR) is 102 cm³/mol. The van der Waals surface area contributed by atoms with Gasteiger partial charge in [-0.15, -0.1) is 0 Å². The molecule has 0 aliphatic heterocycles. The second-order valence-electron chi connectivity index (χ2n) is 5.42. The Morgan fingerprint density at radius 2 is 1.96 bits per heavy atom. The first-order valence-electron chi connectivity index (χ1n) is 7.90. The van der Waals surface area contributed by atoms with Crippen LogP contribution >= 0.6 is 11.6 Å². The quantitative estimate of drug-likeness (QED) is 0.687. The molecule has 2 aromatic carbocycles. The third-order valence-electron chi connectivity index (χ3n) is 3.63. The number of carbonyl (C=O) groups excluding carboxylic acids is 1. The summed E-state index contributed by atoms with van der Waals surface area (Å²) in [5.74, 6) is 0.874. The Morgan fingerprint density at radius 3 is 2.69 bits per heavy atom. The molecule has 0 fully saturated rings. The standard InChI is InChI=1S/C19H17ClN4O2/c1-26-15-7-4-6-14(9-15)24-19(25)17-11-23-18(12-21-17)22-10-13-5-2-3-8-16(13)20/h2-9,11-12H,10H2,1H3,(H,22,23)(H,24,25). The average molecular weight is 369 g/mol. The van der Waals surface area contributed by atoms with Crippen molar-refractivity contribution in [1.82, 2.24) is 9.97 Å². The van der Waals surface area contributed by atoms with Crippen molar-refractivity contribution in [2.75, 3.05) is 17.7 Å². The number of benzene rings is 2. The molecule has 0 saturated heterocycles. The molecule has 0 aliphatic rings. The van der Waals surface area contributed by atoms with Gasteiger partial charge in [0.25, 0.3) is 5.91 Å². The SMILES string of the molecule is COc1cccc(NC(=O)c2cnc(NCc3ccccc3Cl)cn2)c1. The number of rotatable bonds is 6. The molecule has 0 aliphatic carbocycles. The molecule has 132 valence electrons. The summed E-state index contributed by atoms with van der Waals surface area (Å²) in [5, 5.41) is 6.57. The summed E-state index contributed by atoms with van der Waals surface area (Å²) in [6.45, 7) is 0.518. The molecule has 1 aromatic heterocycles. The first-order valence-corrected chi connectivity index (χ1v) is 8.28. The van der Waals surface area contributed by atoms with Gasteiger partial charge in [0.15, 0.2) is 0 Å². The monoisotopic (exact) mass is 368 g/mol. The van der Waals surface area contributed by atoms with Gasteiger partial charge in [0.1, 0.15) is 17.3 Å². The molecule has 1 amide bonds. The van der Waals surface area contributed by atoms with Crippen LogP contribution in [0.25, 0.3) is 0 Å².